The highest BCUT2D eigenvalue weighted by molar-refractivity contribution is 5.72. The first-order chi connectivity index (χ1) is 6.05. The molecule has 0 aliphatic carbocycles. The lowest BCUT2D eigenvalue weighted by molar-refractivity contribution is 0.191. The molecule has 4 nitrogen and oxygen atoms in total. The maximum Gasteiger partial charge on any atom is 0.318 e. The Morgan fingerprint density at radius 2 is 1.38 bits per heavy atom. The smallest absolute Gasteiger partial charge is 0.318 e. The molecule has 0 spiro atoms. The summed E-state index contributed by atoms with van der Waals surface area (Å²) >= 11 is 0. The number of hydrogen-bond acceptors (Lipinski definition) is 2. The Bertz CT molecular complexity index is 125. The third-order valence-corrected chi connectivity index (χ3v) is 1.59. The first-order valence-corrected chi connectivity index (χ1v) is 4.52. The molecule has 1 aliphatic heterocycles. The molecule has 0 aromatic carbocycles. The van der Waals surface area contributed by atoms with Gasteiger partial charge in [-0.3, -0.25) is 0 Å². The monoisotopic (exact) mass is 188 g/mol. The topological polar surface area (TPSA) is 32.8 Å². The molecule has 1 rings (SSSR count). The molecular weight excluding hydrogens is 168 g/mol. The van der Waals surface area contributed by atoms with Crippen molar-refractivity contribution in [2.45, 2.75) is 12.8 Å². The molecule has 0 aromatic rings. The number of carbonyl (C=O) groups is 1. The van der Waals surface area contributed by atoms with Gasteiger partial charge in [0.15, 0.2) is 0 Å². The minimum atomic E-state index is 0.0185. The van der Waals surface area contributed by atoms with Crippen molar-refractivity contribution in [1.29, 1.82) is 0 Å². The van der Waals surface area contributed by atoms with Gasteiger partial charge in [-0.05, 0) is 12.8 Å². The normalized spacial score (nSPS) is 14.5. The summed E-state index contributed by atoms with van der Waals surface area (Å²) in [6, 6.07) is 0.0185. The van der Waals surface area contributed by atoms with Crippen molar-refractivity contribution in [3.63, 3.8) is 0 Å². The van der Waals surface area contributed by atoms with Gasteiger partial charge in [-0.2, -0.15) is 0 Å². The lowest BCUT2D eigenvalue weighted by Gasteiger charge is -2.16. The first kappa shape index (κ1) is 12.2. The van der Waals surface area contributed by atoms with E-state index in [0.29, 0.717) is 0 Å². The van der Waals surface area contributed by atoms with Crippen LogP contribution < -0.4 is 0 Å². The molecule has 0 N–H and O–H groups in total. The fourth-order valence-electron chi connectivity index (χ4n) is 0.910. The number of nitrogens with zero attached hydrogens (tertiary/aromatic N) is 2. The highest BCUT2D eigenvalue weighted by Crippen LogP contribution is 1.98. The minimum absolute atomic E-state index is 0.0185. The van der Waals surface area contributed by atoms with Crippen molar-refractivity contribution >= 4 is 6.03 Å². The van der Waals surface area contributed by atoms with Crippen LogP contribution in [0.4, 0.5) is 4.79 Å². The van der Waals surface area contributed by atoms with E-state index in [1.807, 2.05) is 0 Å². The molecular formula is C9H20N2O2. The SMILES string of the molecule is C1CCOC1.CN(C)C(=O)N(C)C. The van der Waals surface area contributed by atoms with Gasteiger partial charge in [0.25, 0.3) is 0 Å². The minimum Gasteiger partial charge on any atom is -0.381 e. The second-order valence-corrected chi connectivity index (χ2v) is 3.39. The molecule has 4 heteroatoms. The first-order valence-electron chi connectivity index (χ1n) is 4.52. The largest absolute Gasteiger partial charge is 0.381 e. The van der Waals surface area contributed by atoms with Crippen molar-refractivity contribution in [1.82, 2.24) is 9.80 Å². The standard InChI is InChI=1S/C5H12N2O.C4H8O/c1-6(2)5(8)7(3)4;1-2-4-5-3-1/h1-4H3;1-4H2. The zero-order valence-corrected chi connectivity index (χ0v) is 9.04. The Morgan fingerprint density at radius 3 is 1.46 bits per heavy atom. The highest BCUT2D eigenvalue weighted by Gasteiger charge is 2.02. The van der Waals surface area contributed by atoms with Gasteiger partial charge in [-0.1, -0.05) is 0 Å². The number of rotatable bonds is 0. The predicted molar refractivity (Wildman–Crippen MR) is 52.8 cm³/mol. The van der Waals surface area contributed by atoms with Crippen LogP contribution in [-0.4, -0.2) is 57.2 Å². The molecule has 0 unspecified atom stereocenters. The van der Waals surface area contributed by atoms with Crippen LogP contribution in [0.1, 0.15) is 12.8 Å². The highest BCUT2D eigenvalue weighted by atomic mass is 16.5. The summed E-state index contributed by atoms with van der Waals surface area (Å²) in [4.78, 5) is 13.8. The van der Waals surface area contributed by atoms with E-state index in [1.54, 1.807) is 28.2 Å². The summed E-state index contributed by atoms with van der Waals surface area (Å²) in [5.41, 5.74) is 0. The van der Waals surface area contributed by atoms with Crippen LogP contribution in [0.25, 0.3) is 0 Å². The van der Waals surface area contributed by atoms with E-state index >= 15 is 0 Å². The Morgan fingerprint density at radius 1 is 1.00 bits per heavy atom. The number of hydrogen-bond donors (Lipinski definition) is 0. The average molecular weight is 188 g/mol. The van der Waals surface area contributed by atoms with Gasteiger partial charge in [-0.25, -0.2) is 4.79 Å². The molecule has 13 heavy (non-hydrogen) atoms. The van der Waals surface area contributed by atoms with Crippen molar-refractivity contribution in [2.75, 3.05) is 41.4 Å². The Labute approximate surface area is 80.5 Å². The lowest BCUT2D eigenvalue weighted by Crippen LogP contribution is -2.33. The molecule has 1 heterocycles. The Balaban J connectivity index is 0.000000243. The van der Waals surface area contributed by atoms with E-state index in [4.69, 9.17) is 4.74 Å². The van der Waals surface area contributed by atoms with Crippen LogP contribution in [0.2, 0.25) is 0 Å². The maximum absolute atomic E-state index is 10.7. The van der Waals surface area contributed by atoms with Gasteiger partial charge in [-0.15, -0.1) is 0 Å². The number of amides is 2. The summed E-state index contributed by atoms with van der Waals surface area (Å²) in [5.74, 6) is 0. The molecule has 1 fully saturated rings. The zero-order valence-electron chi connectivity index (χ0n) is 9.04. The number of urea groups is 1. The van der Waals surface area contributed by atoms with Crippen molar-refractivity contribution in [3.8, 4) is 0 Å². The summed E-state index contributed by atoms with van der Waals surface area (Å²) < 4.78 is 4.94. The third-order valence-electron chi connectivity index (χ3n) is 1.59. The second kappa shape index (κ2) is 6.71. The fraction of sp³-hybridized carbons (Fsp3) is 0.889. The van der Waals surface area contributed by atoms with Crippen molar-refractivity contribution in [2.24, 2.45) is 0 Å². The molecule has 0 bridgehead atoms. The maximum atomic E-state index is 10.7. The van der Waals surface area contributed by atoms with Crippen LogP contribution in [0, 0.1) is 0 Å². The molecule has 78 valence electrons. The Kier molecular flexibility index (Phi) is 6.32. The van der Waals surface area contributed by atoms with Crippen LogP contribution in [0.5, 0.6) is 0 Å². The predicted octanol–water partition coefficient (Wildman–Crippen LogP) is 1.03. The van der Waals surface area contributed by atoms with Gasteiger partial charge >= 0.3 is 6.03 Å². The zero-order chi connectivity index (χ0) is 10.3. The van der Waals surface area contributed by atoms with Crippen molar-refractivity contribution in [3.05, 3.63) is 0 Å². The van der Waals surface area contributed by atoms with Crippen LogP contribution in [0.3, 0.4) is 0 Å². The molecule has 0 aromatic heterocycles. The molecule has 0 saturated carbocycles. The van der Waals surface area contributed by atoms with E-state index in [9.17, 15) is 4.79 Å². The second-order valence-electron chi connectivity index (χ2n) is 3.39. The van der Waals surface area contributed by atoms with Crippen LogP contribution in [0.15, 0.2) is 0 Å². The third kappa shape index (κ3) is 6.40. The summed E-state index contributed by atoms with van der Waals surface area (Å²) in [6.45, 7) is 2.00. The number of carbonyl (C=O) groups excluding carboxylic acids is 1. The van der Waals surface area contributed by atoms with E-state index < -0.39 is 0 Å². The quantitative estimate of drug-likeness (QED) is 0.568. The molecule has 0 atom stereocenters. The van der Waals surface area contributed by atoms with Gasteiger partial charge < -0.3 is 14.5 Å². The number of ether oxygens (including phenoxy) is 1. The molecule has 0 radical (unpaired) electrons. The van der Waals surface area contributed by atoms with Crippen LogP contribution >= 0.6 is 0 Å². The average Bonchev–Trinajstić information content (AvgIpc) is 2.59. The summed E-state index contributed by atoms with van der Waals surface area (Å²) in [5, 5.41) is 0. The lowest BCUT2D eigenvalue weighted by atomic mass is 10.4. The molecule has 2 amide bonds. The summed E-state index contributed by atoms with van der Waals surface area (Å²) in [6.07, 6.45) is 2.56. The van der Waals surface area contributed by atoms with Gasteiger partial charge in [0.1, 0.15) is 0 Å². The summed E-state index contributed by atoms with van der Waals surface area (Å²) in [7, 11) is 6.90. The molecule has 1 aliphatic rings. The van der Waals surface area contributed by atoms with Gasteiger partial charge in [0.05, 0.1) is 0 Å². The van der Waals surface area contributed by atoms with E-state index in [0.717, 1.165) is 13.2 Å². The van der Waals surface area contributed by atoms with E-state index in [2.05, 4.69) is 0 Å². The van der Waals surface area contributed by atoms with Gasteiger partial charge in [0.2, 0.25) is 0 Å². The van der Waals surface area contributed by atoms with Crippen molar-refractivity contribution < 1.29 is 9.53 Å². The van der Waals surface area contributed by atoms with Gasteiger partial charge in [0, 0.05) is 41.4 Å². The van der Waals surface area contributed by atoms with E-state index in [1.165, 1.54) is 22.6 Å². The molecule has 1 saturated heterocycles. The fourth-order valence-corrected chi connectivity index (χ4v) is 0.910. The van der Waals surface area contributed by atoms with E-state index in [-0.39, 0.29) is 6.03 Å². The van der Waals surface area contributed by atoms with Crippen LogP contribution in [-0.2, 0) is 4.74 Å². The Hall–Kier alpha value is -0.770.